The first-order chi connectivity index (χ1) is 48.9. The Labute approximate surface area is 615 Å². The molecule has 0 N–H and O–H groups in total. The summed E-state index contributed by atoms with van der Waals surface area (Å²) in [7, 11) is -1.37. The van der Waals surface area contributed by atoms with Crippen LogP contribution >= 0.6 is 38.6 Å². The molecule has 3 fully saturated rings. The largest absolute Gasteiger partial charge is 0.494 e. The summed E-state index contributed by atoms with van der Waals surface area (Å²) in [6.45, 7) is 24.5. The highest BCUT2D eigenvalue weighted by Crippen LogP contribution is 2.46. The highest BCUT2D eigenvalue weighted by molar-refractivity contribution is 9.10. The van der Waals surface area contributed by atoms with Gasteiger partial charge >= 0.3 is 21.1 Å². The quantitative estimate of drug-likeness (QED) is 0.123. The highest BCUT2D eigenvalue weighted by atomic mass is 79.9. The maximum absolute atomic E-state index is 6.35. The average Bonchev–Trinajstić information content (AvgIpc) is 1.57. The monoisotopic (exact) mass is 1440 g/mol. The lowest BCUT2D eigenvalue weighted by molar-refractivity contribution is 0.00578. The van der Waals surface area contributed by atoms with E-state index in [2.05, 4.69) is 280 Å². The maximum atomic E-state index is 6.35. The number of hydrogen-bond acceptors (Lipinski definition) is 12. The molecular formula is C86H78B3BrN4O6S2. The van der Waals surface area contributed by atoms with Gasteiger partial charge in [0.05, 0.1) is 65.4 Å². The van der Waals surface area contributed by atoms with Crippen molar-refractivity contribution in [3.63, 3.8) is 0 Å². The van der Waals surface area contributed by atoms with Gasteiger partial charge in [-0.3, -0.25) is 0 Å². The second-order valence-corrected chi connectivity index (χ2v) is 32.4. The van der Waals surface area contributed by atoms with Gasteiger partial charge in [-0.15, -0.1) is 22.7 Å². The van der Waals surface area contributed by atoms with Crippen molar-refractivity contribution in [2.75, 3.05) is 0 Å². The molecule has 3 aliphatic rings. The van der Waals surface area contributed by atoms with E-state index in [0.29, 0.717) is 5.82 Å². The summed E-state index contributed by atoms with van der Waals surface area (Å²) in [5.41, 5.74) is 16.1. The first-order valence-corrected chi connectivity index (χ1v) is 37.1. The molecule has 506 valence electrons. The van der Waals surface area contributed by atoms with E-state index in [-0.39, 0.29) is 22.4 Å². The molecule has 3 saturated heterocycles. The summed E-state index contributed by atoms with van der Waals surface area (Å²) < 4.78 is 42.3. The van der Waals surface area contributed by atoms with E-state index >= 15 is 0 Å². The maximum Gasteiger partial charge on any atom is 0.494 e. The van der Waals surface area contributed by atoms with Gasteiger partial charge in [-0.25, -0.2) is 19.9 Å². The number of nitrogens with zero attached hydrogens (tertiary/aromatic N) is 4. The van der Waals surface area contributed by atoms with Crippen molar-refractivity contribution >= 4 is 106 Å². The van der Waals surface area contributed by atoms with Crippen LogP contribution in [0.5, 0.6) is 0 Å². The first kappa shape index (κ1) is 69.0. The average molecular weight is 1440 g/mol. The van der Waals surface area contributed by atoms with E-state index in [1.807, 2.05) is 73.6 Å². The minimum Gasteiger partial charge on any atom is -0.405 e. The Morgan fingerprint density at radius 2 is 0.598 bits per heavy atom. The van der Waals surface area contributed by atoms with Crippen LogP contribution in [0.2, 0.25) is 0 Å². The lowest BCUT2D eigenvalue weighted by Crippen LogP contribution is -2.41. The second kappa shape index (κ2) is 27.1. The van der Waals surface area contributed by atoms with Crippen LogP contribution in [0.25, 0.3) is 130 Å². The Bertz CT molecular complexity index is 5360. The van der Waals surface area contributed by atoms with Gasteiger partial charge in [0.2, 0.25) is 0 Å². The Kier molecular flexibility index (Phi) is 18.3. The standard InChI is InChI=1S/C40H33BN2O2S.C34H21BrN2S.C12H24B2O4/c1-39(2)40(3,4)45-41(44-39)32-17-11-15-30(25-32)29-14-10-16-31(24-29)38-42-35(37-36(43-38)33-18-8-9-19-34(33)46-37)28-22-20-27(21-23-28)26-12-6-5-7-13-26;35-28-13-7-11-26(21-28)25-10-6-12-27(20-25)34-36-31(33-32(37-34)29-14-4-5-15-30(29)38-33)24-18-16-23(17-19-24)22-8-2-1-3-9-22;1-9(2)10(3,4)16-13(15-9)14-17-11(5,6)12(7,8)18-14/h5-25H,1-4H3;1-21H;1-8H3. The first-order valence-electron chi connectivity index (χ1n) is 34.7. The summed E-state index contributed by atoms with van der Waals surface area (Å²) in [5, 5.41) is 2.32. The van der Waals surface area contributed by atoms with Crippen molar-refractivity contribution in [1.29, 1.82) is 0 Å². The third kappa shape index (κ3) is 13.5. The van der Waals surface area contributed by atoms with E-state index in [1.54, 1.807) is 22.7 Å². The predicted octanol–water partition coefficient (Wildman–Crippen LogP) is 22.3. The smallest absolute Gasteiger partial charge is 0.405 e. The zero-order valence-electron chi connectivity index (χ0n) is 59.4. The fraction of sp³-hybridized carbons (Fsp3) is 0.209. The normalized spacial score (nSPS) is 16.9. The number of halogens is 1. The molecular weight excluding hydrogens is 1360 g/mol. The fourth-order valence-corrected chi connectivity index (χ4v) is 15.6. The van der Waals surface area contributed by atoms with Crippen molar-refractivity contribution in [2.24, 2.45) is 0 Å². The minimum atomic E-state index is -0.476. The minimum absolute atomic E-state index is 0.360. The molecule has 0 amide bonds. The molecule has 14 aromatic rings. The summed E-state index contributed by atoms with van der Waals surface area (Å²) in [6, 6.07) is 89.1. The number of benzene rings is 10. The Hall–Kier alpha value is -8.77. The van der Waals surface area contributed by atoms with Crippen LogP contribution in [-0.2, 0) is 27.9 Å². The van der Waals surface area contributed by atoms with Crippen LogP contribution in [0.4, 0.5) is 0 Å². The van der Waals surface area contributed by atoms with Crippen LogP contribution in [0.15, 0.2) is 259 Å². The van der Waals surface area contributed by atoms with Crippen LogP contribution < -0.4 is 5.46 Å². The van der Waals surface area contributed by atoms with E-state index in [1.165, 1.54) is 37.0 Å². The van der Waals surface area contributed by atoms with Crippen molar-refractivity contribution in [1.82, 2.24) is 19.9 Å². The third-order valence-corrected chi connectivity index (χ3v) is 23.7. The molecule has 102 heavy (non-hydrogen) atoms. The molecule has 3 aliphatic heterocycles. The Morgan fingerprint density at radius 1 is 0.284 bits per heavy atom. The molecule has 10 aromatic carbocycles. The van der Waals surface area contributed by atoms with Gasteiger partial charge < -0.3 is 27.9 Å². The summed E-state index contributed by atoms with van der Waals surface area (Å²) in [4.78, 5) is 20.7. The molecule has 0 bridgehead atoms. The Morgan fingerprint density at radius 3 is 1.01 bits per heavy atom. The summed E-state index contributed by atoms with van der Waals surface area (Å²) >= 11 is 7.11. The molecule has 0 radical (unpaired) electrons. The van der Waals surface area contributed by atoms with Gasteiger partial charge in [0, 0.05) is 46.9 Å². The molecule has 7 heterocycles. The van der Waals surface area contributed by atoms with Gasteiger partial charge in [-0.05, 0) is 169 Å². The van der Waals surface area contributed by atoms with Crippen molar-refractivity contribution in [3.8, 4) is 89.8 Å². The van der Waals surface area contributed by atoms with Crippen molar-refractivity contribution in [3.05, 3.63) is 259 Å². The van der Waals surface area contributed by atoms with Crippen LogP contribution in [-0.4, -0.2) is 74.7 Å². The van der Waals surface area contributed by atoms with Crippen LogP contribution in [0.1, 0.15) is 83.1 Å². The number of aromatic nitrogens is 4. The summed E-state index contributed by atoms with van der Waals surface area (Å²) in [5.74, 6) is 1.45. The molecule has 0 spiro atoms. The zero-order chi connectivity index (χ0) is 70.9. The van der Waals surface area contributed by atoms with Gasteiger partial charge in [0.15, 0.2) is 11.6 Å². The molecule has 0 saturated carbocycles. The van der Waals surface area contributed by atoms with Crippen LogP contribution in [0.3, 0.4) is 0 Å². The van der Waals surface area contributed by atoms with E-state index in [0.717, 1.165) is 97.5 Å². The lowest BCUT2D eigenvalue weighted by atomic mass is 9.49. The number of hydrogen-bond donors (Lipinski definition) is 0. The van der Waals surface area contributed by atoms with Gasteiger partial charge in [0.1, 0.15) is 0 Å². The van der Waals surface area contributed by atoms with E-state index in [4.69, 9.17) is 47.9 Å². The number of rotatable bonds is 10. The number of fused-ring (bicyclic) bond motifs is 6. The zero-order valence-corrected chi connectivity index (χ0v) is 62.6. The van der Waals surface area contributed by atoms with Crippen molar-refractivity contribution in [2.45, 2.75) is 117 Å². The number of thiophene rings is 2. The predicted molar refractivity (Wildman–Crippen MR) is 429 cm³/mol. The molecule has 0 unspecified atom stereocenters. The lowest BCUT2D eigenvalue weighted by Gasteiger charge is -2.32. The van der Waals surface area contributed by atoms with Gasteiger partial charge in [-0.2, -0.15) is 0 Å². The molecule has 17 rings (SSSR count). The molecule has 16 heteroatoms. The topological polar surface area (TPSA) is 107 Å². The molecule has 4 aromatic heterocycles. The van der Waals surface area contributed by atoms with Crippen LogP contribution in [0, 0.1) is 0 Å². The van der Waals surface area contributed by atoms with Gasteiger partial charge in [0.25, 0.3) is 0 Å². The molecule has 0 atom stereocenters. The van der Waals surface area contributed by atoms with Gasteiger partial charge in [-0.1, -0.05) is 234 Å². The van der Waals surface area contributed by atoms with E-state index in [9.17, 15) is 0 Å². The van der Waals surface area contributed by atoms with E-state index < -0.39 is 32.3 Å². The molecule has 0 aliphatic carbocycles. The van der Waals surface area contributed by atoms with Crippen molar-refractivity contribution < 1.29 is 27.9 Å². The SMILES string of the molecule is Brc1cccc(-c2cccc(-c3nc(-c4ccc(-c5ccccc5)cc4)c4sc5ccccc5c4n3)c2)c1.CC1(C)OB(B2OC(C)(C)C(C)(C)O2)OC1(C)C.CC1(C)OB(c2cccc(-c3cccc(-c4nc(-c5ccc(-c6ccccc6)cc5)c5sc6ccccc6c5n4)c3)c2)OC1(C)C. The Balaban J connectivity index is 0.000000135. The molecule has 10 nitrogen and oxygen atoms in total. The highest BCUT2D eigenvalue weighted by Gasteiger charge is 2.64. The summed E-state index contributed by atoms with van der Waals surface area (Å²) in [6.07, 6.45) is 0. The second-order valence-electron chi connectivity index (χ2n) is 29.4. The third-order valence-electron chi connectivity index (χ3n) is 20.9. The fourth-order valence-electron chi connectivity index (χ4n) is 12.9.